The number of esters is 1. The molecule has 0 spiro atoms. The van der Waals surface area contributed by atoms with Gasteiger partial charge in [-0.3, -0.25) is 0 Å². The van der Waals surface area contributed by atoms with Crippen LogP contribution in [0.4, 0.5) is 5.69 Å². The van der Waals surface area contributed by atoms with Crippen LogP contribution in [0.1, 0.15) is 23.0 Å². The Morgan fingerprint density at radius 1 is 1.38 bits per heavy atom. The molecule has 1 heterocycles. The molecule has 0 bridgehead atoms. The van der Waals surface area contributed by atoms with Gasteiger partial charge in [-0.05, 0) is 31.2 Å². The Labute approximate surface area is 127 Å². The number of methoxy groups -OCH3 is 1. The first-order valence-corrected chi connectivity index (χ1v) is 6.83. The topological polar surface area (TPSA) is 60.7 Å². The second-order valence-electron chi connectivity index (χ2n) is 4.23. The number of carbonyl (C=O) groups is 1. The third-order valence-corrected chi connectivity index (χ3v) is 3.07. The summed E-state index contributed by atoms with van der Waals surface area (Å²) in [6.07, 6.45) is 1.37. The van der Waals surface area contributed by atoms with Gasteiger partial charge < -0.3 is 19.2 Å². The Bertz CT molecular complexity index is 624. The fourth-order valence-corrected chi connectivity index (χ4v) is 2.01. The van der Waals surface area contributed by atoms with Crippen molar-refractivity contribution in [2.24, 2.45) is 0 Å². The summed E-state index contributed by atoms with van der Waals surface area (Å²) in [4.78, 5) is 11.3. The summed E-state index contributed by atoms with van der Waals surface area (Å²) in [5.41, 5.74) is 1.22. The maximum Gasteiger partial charge on any atom is 0.341 e. The molecule has 2 aromatic rings. The van der Waals surface area contributed by atoms with Crippen LogP contribution in [0.25, 0.3) is 0 Å². The molecule has 0 aliphatic heterocycles. The molecule has 2 rings (SSSR count). The Hall–Kier alpha value is -2.14. The number of furan rings is 1. The van der Waals surface area contributed by atoms with Crippen LogP contribution >= 0.6 is 11.6 Å². The highest BCUT2D eigenvalue weighted by molar-refractivity contribution is 6.32. The van der Waals surface area contributed by atoms with Crippen LogP contribution in [0.2, 0.25) is 5.02 Å². The van der Waals surface area contributed by atoms with E-state index in [0.29, 0.717) is 35.2 Å². The summed E-state index contributed by atoms with van der Waals surface area (Å²) in [7, 11) is 1.33. The van der Waals surface area contributed by atoms with E-state index in [0.717, 1.165) is 5.69 Å². The van der Waals surface area contributed by atoms with E-state index in [9.17, 15) is 4.79 Å². The fourth-order valence-electron chi connectivity index (χ4n) is 1.77. The average Bonchev–Trinajstić information content (AvgIpc) is 2.96. The molecular weight excluding hydrogens is 294 g/mol. The molecule has 21 heavy (non-hydrogen) atoms. The van der Waals surface area contributed by atoms with Gasteiger partial charge in [0.15, 0.2) is 0 Å². The van der Waals surface area contributed by atoms with E-state index in [4.69, 9.17) is 20.8 Å². The van der Waals surface area contributed by atoms with Gasteiger partial charge in [0.25, 0.3) is 0 Å². The lowest BCUT2D eigenvalue weighted by Crippen LogP contribution is -2.00. The maximum atomic E-state index is 11.3. The van der Waals surface area contributed by atoms with Gasteiger partial charge in [0.1, 0.15) is 17.8 Å². The lowest BCUT2D eigenvalue weighted by molar-refractivity contribution is 0.0600. The number of halogens is 1. The van der Waals surface area contributed by atoms with Crippen molar-refractivity contribution in [3.63, 3.8) is 0 Å². The largest absolute Gasteiger partial charge is 0.492 e. The first kappa shape index (κ1) is 15.3. The number of anilines is 1. The van der Waals surface area contributed by atoms with Gasteiger partial charge in [0.05, 0.1) is 30.8 Å². The minimum Gasteiger partial charge on any atom is -0.492 e. The third kappa shape index (κ3) is 3.92. The minimum atomic E-state index is -0.422. The first-order chi connectivity index (χ1) is 10.1. The standard InChI is InChI=1S/C15H16ClNO4/c1-3-20-14-5-4-11(7-13(14)16)17-8-12-6-10(9-21-12)15(18)19-2/h4-7,9,17H,3,8H2,1-2H3. The van der Waals surface area contributed by atoms with E-state index in [1.807, 2.05) is 13.0 Å². The molecular formula is C15H16ClNO4. The van der Waals surface area contributed by atoms with Crippen LogP contribution in [0, 0.1) is 0 Å². The Morgan fingerprint density at radius 2 is 2.19 bits per heavy atom. The molecule has 0 atom stereocenters. The molecule has 0 saturated carbocycles. The lowest BCUT2D eigenvalue weighted by Gasteiger charge is -2.09. The molecule has 0 amide bonds. The smallest absolute Gasteiger partial charge is 0.341 e. The highest BCUT2D eigenvalue weighted by Gasteiger charge is 2.10. The van der Waals surface area contributed by atoms with Gasteiger partial charge in [-0.1, -0.05) is 11.6 Å². The van der Waals surface area contributed by atoms with Crippen molar-refractivity contribution < 1.29 is 18.7 Å². The lowest BCUT2D eigenvalue weighted by atomic mass is 10.3. The van der Waals surface area contributed by atoms with Crippen LogP contribution in [-0.4, -0.2) is 19.7 Å². The molecule has 5 nitrogen and oxygen atoms in total. The van der Waals surface area contributed by atoms with E-state index >= 15 is 0 Å². The molecule has 1 aromatic heterocycles. The highest BCUT2D eigenvalue weighted by Crippen LogP contribution is 2.27. The van der Waals surface area contributed by atoms with E-state index in [-0.39, 0.29) is 0 Å². The summed E-state index contributed by atoms with van der Waals surface area (Å²) >= 11 is 6.10. The van der Waals surface area contributed by atoms with Crippen molar-refractivity contribution in [1.29, 1.82) is 0 Å². The molecule has 1 N–H and O–H groups in total. The predicted octanol–water partition coefficient (Wildman–Crippen LogP) is 3.73. The van der Waals surface area contributed by atoms with Gasteiger partial charge in [0, 0.05) is 5.69 Å². The van der Waals surface area contributed by atoms with Crippen LogP contribution in [0.3, 0.4) is 0 Å². The summed E-state index contributed by atoms with van der Waals surface area (Å²) in [6, 6.07) is 7.07. The Balaban J connectivity index is 1.98. The van der Waals surface area contributed by atoms with Gasteiger partial charge in [-0.25, -0.2) is 4.79 Å². The van der Waals surface area contributed by atoms with Gasteiger partial charge in [0.2, 0.25) is 0 Å². The van der Waals surface area contributed by atoms with Crippen molar-refractivity contribution in [3.8, 4) is 5.75 Å². The molecule has 0 aliphatic carbocycles. The molecule has 0 unspecified atom stereocenters. The summed E-state index contributed by atoms with van der Waals surface area (Å²) in [5, 5.41) is 3.69. The molecule has 1 aromatic carbocycles. The number of ether oxygens (including phenoxy) is 2. The number of rotatable bonds is 6. The number of benzene rings is 1. The van der Waals surface area contributed by atoms with Crippen LogP contribution < -0.4 is 10.1 Å². The van der Waals surface area contributed by atoms with Crippen molar-refractivity contribution >= 4 is 23.3 Å². The quantitative estimate of drug-likeness (QED) is 0.824. The predicted molar refractivity (Wildman–Crippen MR) is 80.0 cm³/mol. The van der Waals surface area contributed by atoms with Crippen molar-refractivity contribution in [2.45, 2.75) is 13.5 Å². The van der Waals surface area contributed by atoms with Crippen molar-refractivity contribution in [1.82, 2.24) is 0 Å². The Kier molecular flexibility index (Phi) is 5.11. The minimum absolute atomic E-state index is 0.388. The molecule has 0 saturated heterocycles. The van der Waals surface area contributed by atoms with E-state index in [1.54, 1.807) is 18.2 Å². The van der Waals surface area contributed by atoms with Crippen LogP contribution in [0.5, 0.6) is 5.75 Å². The van der Waals surface area contributed by atoms with Gasteiger partial charge in [-0.2, -0.15) is 0 Å². The normalized spacial score (nSPS) is 10.2. The van der Waals surface area contributed by atoms with E-state index in [1.165, 1.54) is 13.4 Å². The number of carbonyl (C=O) groups excluding carboxylic acids is 1. The van der Waals surface area contributed by atoms with E-state index < -0.39 is 5.97 Å². The highest BCUT2D eigenvalue weighted by atomic mass is 35.5. The maximum absolute atomic E-state index is 11.3. The second kappa shape index (κ2) is 7.04. The third-order valence-electron chi connectivity index (χ3n) is 2.77. The van der Waals surface area contributed by atoms with Crippen LogP contribution in [-0.2, 0) is 11.3 Å². The molecule has 0 aliphatic rings. The summed E-state index contributed by atoms with van der Waals surface area (Å²) in [5.74, 6) is 0.852. The summed E-state index contributed by atoms with van der Waals surface area (Å²) in [6.45, 7) is 2.90. The monoisotopic (exact) mass is 309 g/mol. The van der Waals surface area contributed by atoms with E-state index in [2.05, 4.69) is 10.1 Å². The summed E-state index contributed by atoms with van der Waals surface area (Å²) < 4.78 is 15.3. The molecule has 6 heteroatoms. The van der Waals surface area contributed by atoms with Crippen molar-refractivity contribution in [2.75, 3.05) is 19.0 Å². The van der Waals surface area contributed by atoms with Crippen molar-refractivity contribution in [3.05, 3.63) is 46.9 Å². The number of hydrogen-bond donors (Lipinski definition) is 1. The number of hydrogen-bond acceptors (Lipinski definition) is 5. The zero-order valence-corrected chi connectivity index (χ0v) is 12.6. The zero-order chi connectivity index (χ0) is 15.2. The molecule has 112 valence electrons. The number of nitrogens with one attached hydrogen (secondary N) is 1. The second-order valence-corrected chi connectivity index (χ2v) is 4.63. The van der Waals surface area contributed by atoms with Crippen LogP contribution in [0.15, 0.2) is 34.9 Å². The first-order valence-electron chi connectivity index (χ1n) is 6.46. The fraction of sp³-hybridized carbons (Fsp3) is 0.267. The van der Waals surface area contributed by atoms with Gasteiger partial charge >= 0.3 is 5.97 Å². The SMILES string of the molecule is CCOc1ccc(NCc2cc(C(=O)OC)co2)cc1Cl. The average molecular weight is 310 g/mol. The zero-order valence-electron chi connectivity index (χ0n) is 11.8. The molecule has 0 radical (unpaired) electrons. The molecule has 0 fully saturated rings. The van der Waals surface area contributed by atoms with Gasteiger partial charge in [-0.15, -0.1) is 0 Å². The Morgan fingerprint density at radius 3 is 2.86 bits per heavy atom.